The monoisotopic (exact) mass is 374 g/mol. The maximum Gasteiger partial charge on any atom is 0.302 e. The molecule has 2 aromatic rings. The number of nitrogens with one attached hydrogen (secondary N) is 2. The summed E-state index contributed by atoms with van der Waals surface area (Å²) < 4.78 is 6.69. The Balaban J connectivity index is 2.04. The summed E-state index contributed by atoms with van der Waals surface area (Å²) in [6.45, 7) is 6.34. The normalized spacial score (nSPS) is 11.7. The third-order valence-electron chi connectivity index (χ3n) is 3.85. The zero-order valence-electron chi connectivity index (χ0n) is 15.7. The van der Waals surface area contributed by atoms with Gasteiger partial charge in [0.2, 0.25) is 0 Å². The lowest BCUT2D eigenvalue weighted by Crippen LogP contribution is -2.40. The van der Waals surface area contributed by atoms with Crippen LogP contribution < -0.4 is 10.6 Å². The second-order valence-corrected chi connectivity index (χ2v) is 6.85. The first-order valence-corrected chi connectivity index (χ1v) is 8.98. The van der Waals surface area contributed by atoms with E-state index >= 15 is 0 Å². The van der Waals surface area contributed by atoms with Crippen molar-refractivity contribution in [2.24, 2.45) is 7.05 Å². The van der Waals surface area contributed by atoms with E-state index in [1.807, 2.05) is 19.4 Å². The zero-order chi connectivity index (χ0) is 19.1. The summed E-state index contributed by atoms with van der Waals surface area (Å²) in [5.41, 5.74) is 4.79. The van der Waals surface area contributed by atoms with Gasteiger partial charge in [-0.1, -0.05) is 29.3 Å². The largest absolute Gasteiger partial charge is 0.464 e. The average molecular weight is 375 g/mol. The number of thiocarbonyl (C=S) groups is 1. The first-order valence-electron chi connectivity index (χ1n) is 8.57. The summed E-state index contributed by atoms with van der Waals surface area (Å²) in [5.74, 6) is -0.297. The van der Waals surface area contributed by atoms with Crippen molar-refractivity contribution in [2.45, 2.75) is 33.2 Å². The van der Waals surface area contributed by atoms with Gasteiger partial charge in [0.25, 0.3) is 0 Å². The number of nitrogens with zero attached hydrogens (tertiary/aromatic N) is 2. The van der Waals surface area contributed by atoms with Crippen molar-refractivity contribution in [3.05, 3.63) is 52.8 Å². The summed E-state index contributed by atoms with van der Waals surface area (Å²) in [6.07, 6.45) is 4.63. The third-order valence-corrected chi connectivity index (χ3v) is 4.11. The second kappa shape index (κ2) is 9.33. The van der Waals surface area contributed by atoms with E-state index in [2.05, 4.69) is 47.8 Å². The predicted octanol–water partition coefficient (Wildman–Crippen LogP) is 2.35. The summed E-state index contributed by atoms with van der Waals surface area (Å²) in [7, 11) is 1.90. The van der Waals surface area contributed by atoms with Gasteiger partial charge in [-0.3, -0.25) is 9.48 Å². The molecule has 0 aliphatic carbocycles. The van der Waals surface area contributed by atoms with Crippen molar-refractivity contribution in [3.8, 4) is 0 Å². The van der Waals surface area contributed by atoms with E-state index in [0.29, 0.717) is 11.7 Å². The van der Waals surface area contributed by atoms with E-state index in [1.54, 1.807) is 4.68 Å². The highest BCUT2D eigenvalue weighted by atomic mass is 32.1. The first-order chi connectivity index (χ1) is 12.3. The minimum Gasteiger partial charge on any atom is -0.464 e. The molecular weight excluding hydrogens is 348 g/mol. The number of hydrogen-bond acceptors (Lipinski definition) is 4. The summed E-state index contributed by atoms with van der Waals surface area (Å²) in [6, 6.07) is 6.54. The minimum absolute atomic E-state index is 0.00127. The standard InChI is InChI=1S/C19H26N4O2S/c1-13-7-14(2)9-16(8-13)10-18(17-11-21-23(4)12-17)22-19(26)20-5-6-25-15(3)24/h7-9,11-12,18H,5-6,10H2,1-4H3,(H2,20,22,26). The lowest BCUT2D eigenvalue weighted by molar-refractivity contribution is -0.140. The molecule has 0 radical (unpaired) electrons. The van der Waals surface area contributed by atoms with Crippen LogP contribution in [0.25, 0.3) is 0 Å². The molecule has 7 heteroatoms. The molecule has 2 rings (SSSR count). The summed E-state index contributed by atoms with van der Waals surface area (Å²) in [4.78, 5) is 10.8. The van der Waals surface area contributed by atoms with E-state index in [0.717, 1.165) is 12.0 Å². The van der Waals surface area contributed by atoms with Gasteiger partial charge >= 0.3 is 5.97 Å². The van der Waals surface area contributed by atoms with Crippen LogP contribution in [0.15, 0.2) is 30.6 Å². The summed E-state index contributed by atoms with van der Waals surface area (Å²) >= 11 is 5.39. The molecule has 0 fully saturated rings. The Morgan fingerprint density at radius 3 is 2.58 bits per heavy atom. The Hall–Kier alpha value is -2.41. The van der Waals surface area contributed by atoms with Gasteiger partial charge in [0.05, 0.1) is 18.8 Å². The molecule has 140 valence electrons. The van der Waals surface area contributed by atoms with Crippen molar-refractivity contribution in [3.63, 3.8) is 0 Å². The molecule has 6 nitrogen and oxygen atoms in total. The van der Waals surface area contributed by atoms with Gasteiger partial charge in [-0.05, 0) is 38.0 Å². The maximum atomic E-state index is 10.8. The smallest absolute Gasteiger partial charge is 0.302 e. The van der Waals surface area contributed by atoms with Crippen molar-refractivity contribution in [2.75, 3.05) is 13.2 Å². The van der Waals surface area contributed by atoms with Crippen LogP contribution in [0.2, 0.25) is 0 Å². The molecule has 1 heterocycles. The Morgan fingerprint density at radius 2 is 2.00 bits per heavy atom. The van der Waals surface area contributed by atoms with Gasteiger partial charge < -0.3 is 15.4 Å². The molecule has 26 heavy (non-hydrogen) atoms. The van der Waals surface area contributed by atoms with Crippen LogP contribution in [0.4, 0.5) is 0 Å². The molecule has 2 N–H and O–H groups in total. The van der Waals surface area contributed by atoms with Crippen LogP contribution in [-0.4, -0.2) is 34.0 Å². The van der Waals surface area contributed by atoms with Crippen LogP contribution in [0.3, 0.4) is 0 Å². The Bertz CT molecular complexity index is 752. The molecule has 1 atom stereocenters. The molecular formula is C19H26N4O2S. The Labute approximate surface area is 159 Å². The highest BCUT2D eigenvalue weighted by Crippen LogP contribution is 2.20. The number of carbonyl (C=O) groups excluding carboxylic acids is 1. The quantitative estimate of drug-likeness (QED) is 0.441. The fourth-order valence-electron chi connectivity index (χ4n) is 2.86. The van der Waals surface area contributed by atoms with E-state index < -0.39 is 0 Å². The number of benzene rings is 1. The number of rotatable bonds is 7. The van der Waals surface area contributed by atoms with Crippen LogP contribution in [0, 0.1) is 13.8 Å². The molecule has 0 aliphatic heterocycles. The fraction of sp³-hybridized carbons (Fsp3) is 0.421. The van der Waals surface area contributed by atoms with E-state index in [-0.39, 0.29) is 18.6 Å². The lowest BCUT2D eigenvalue weighted by atomic mass is 9.98. The van der Waals surface area contributed by atoms with Crippen molar-refractivity contribution in [1.29, 1.82) is 0 Å². The van der Waals surface area contributed by atoms with Gasteiger partial charge in [-0.15, -0.1) is 0 Å². The number of ether oxygens (including phenoxy) is 1. The Morgan fingerprint density at radius 1 is 1.31 bits per heavy atom. The number of esters is 1. The van der Waals surface area contributed by atoms with Crippen molar-refractivity contribution < 1.29 is 9.53 Å². The average Bonchev–Trinajstić information content (AvgIpc) is 2.96. The molecule has 0 bridgehead atoms. The zero-order valence-corrected chi connectivity index (χ0v) is 16.5. The first kappa shape index (κ1) is 19.9. The van der Waals surface area contributed by atoms with Crippen LogP contribution in [0.1, 0.15) is 35.2 Å². The van der Waals surface area contributed by atoms with E-state index in [9.17, 15) is 4.79 Å². The van der Waals surface area contributed by atoms with E-state index in [1.165, 1.54) is 23.6 Å². The lowest BCUT2D eigenvalue weighted by Gasteiger charge is -2.20. The number of aryl methyl sites for hydroxylation is 3. The van der Waals surface area contributed by atoms with Gasteiger partial charge in [0.15, 0.2) is 5.11 Å². The minimum atomic E-state index is -0.297. The highest BCUT2D eigenvalue weighted by molar-refractivity contribution is 7.80. The number of hydrogen-bond donors (Lipinski definition) is 2. The van der Waals surface area contributed by atoms with Crippen molar-refractivity contribution in [1.82, 2.24) is 20.4 Å². The highest BCUT2D eigenvalue weighted by Gasteiger charge is 2.16. The second-order valence-electron chi connectivity index (χ2n) is 6.44. The third kappa shape index (κ3) is 6.48. The van der Waals surface area contributed by atoms with Crippen LogP contribution >= 0.6 is 12.2 Å². The van der Waals surface area contributed by atoms with Crippen molar-refractivity contribution >= 4 is 23.3 Å². The van der Waals surface area contributed by atoms with Crippen LogP contribution in [0.5, 0.6) is 0 Å². The summed E-state index contributed by atoms with van der Waals surface area (Å²) in [5, 5.41) is 11.2. The molecule has 0 aliphatic rings. The predicted molar refractivity (Wildman–Crippen MR) is 106 cm³/mol. The van der Waals surface area contributed by atoms with Gasteiger partial charge in [0.1, 0.15) is 6.61 Å². The molecule has 0 saturated heterocycles. The van der Waals surface area contributed by atoms with E-state index in [4.69, 9.17) is 17.0 Å². The van der Waals surface area contributed by atoms with Crippen LogP contribution in [-0.2, 0) is 23.0 Å². The number of aromatic nitrogens is 2. The molecule has 1 unspecified atom stereocenters. The molecule has 1 aromatic carbocycles. The number of carbonyl (C=O) groups is 1. The van der Waals surface area contributed by atoms with Gasteiger partial charge in [-0.25, -0.2) is 0 Å². The fourth-order valence-corrected chi connectivity index (χ4v) is 3.11. The SMILES string of the molecule is CC(=O)OCCNC(=S)NC(Cc1cc(C)cc(C)c1)c1cnn(C)c1. The van der Waals surface area contributed by atoms with Gasteiger partial charge in [-0.2, -0.15) is 5.10 Å². The topological polar surface area (TPSA) is 68.2 Å². The molecule has 1 aromatic heterocycles. The maximum absolute atomic E-state index is 10.8. The molecule has 0 saturated carbocycles. The Kier molecular flexibility index (Phi) is 7.15. The van der Waals surface area contributed by atoms with Gasteiger partial charge in [0, 0.05) is 25.7 Å². The molecule has 0 spiro atoms. The molecule has 0 amide bonds.